The molecule has 106 valence electrons. The number of aromatic nitrogens is 1. The van der Waals surface area contributed by atoms with E-state index in [0.717, 1.165) is 17.0 Å². The molecule has 0 radical (unpaired) electrons. The molecule has 0 bridgehead atoms. The lowest BCUT2D eigenvalue weighted by atomic mass is 10.1. The van der Waals surface area contributed by atoms with Crippen LogP contribution in [0.2, 0.25) is 0 Å². The van der Waals surface area contributed by atoms with Gasteiger partial charge in [-0.25, -0.2) is 9.37 Å². The molecule has 0 atom stereocenters. The predicted octanol–water partition coefficient (Wildman–Crippen LogP) is 3.76. The zero-order valence-corrected chi connectivity index (χ0v) is 11.0. The monoisotopic (exact) mass is 286 g/mol. The van der Waals surface area contributed by atoms with Crippen LogP contribution in [-0.2, 0) is 6.54 Å². The number of benzene rings is 2. The SMILES string of the molecule is NCc1cnc(Oc2cccc(F)c2F)c2ccccc12. The molecule has 3 aromatic rings. The van der Waals surface area contributed by atoms with Gasteiger partial charge >= 0.3 is 0 Å². The fourth-order valence-electron chi connectivity index (χ4n) is 2.14. The summed E-state index contributed by atoms with van der Waals surface area (Å²) in [4.78, 5) is 4.15. The Labute approximate surface area is 120 Å². The molecule has 0 saturated heterocycles. The van der Waals surface area contributed by atoms with Crippen molar-refractivity contribution in [1.29, 1.82) is 0 Å². The number of nitrogens with two attached hydrogens (primary N) is 1. The fraction of sp³-hybridized carbons (Fsp3) is 0.0625. The molecule has 0 spiro atoms. The van der Waals surface area contributed by atoms with Gasteiger partial charge in [0.2, 0.25) is 11.7 Å². The Morgan fingerprint density at radius 2 is 1.76 bits per heavy atom. The highest BCUT2D eigenvalue weighted by atomic mass is 19.2. The first-order valence-electron chi connectivity index (χ1n) is 6.39. The molecule has 2 aromatic carbocycles. The average molecular weight is 286 g/mol. The van der Waals surface area contributed by atoms with E-state index < -0.39 is 11.6 Å². The summed E-state index contributed by atoms with van der Waals surface area (Å²) in [6.45, 7) is 0.335. The summed E-state index contributed by atoms with van der Waals surface area (Å²) in [6, 6.07) is 11.1. The highest BCUT2D eigenvalue weighted by Crippen LogP contribution is 2.31. The first-order chi connectivity index (χ1) is 10.2. The summed E-state index contributed by atoms with van der Waals surface area (Å²) in [5, 5.41) is 1.57. The van der Waals surface area contributed by atoms with Gasteiger partial charge in [-0.2, -0.15) is 4.39 Å². The van der Waals surface area contributed by atoms with E-state index in [4.69, 9.17) is 10.5 Å². The van der Waals surface area contributed by atoms with E-state index in [0.29, 0.717) is 11.9 Å². The van der Waals surface area contributed by atoms with Crippen molar-refractivity contribution >= 4 is 10.8 Å². The summed E-state index contributed by atoms with van der Waals surface area (Å²) in [5.41, 5.74) is 6.53. The van der Waals surface area contributed by atoms with Crippen LogP contribution in [0.25, 0.3) is 10.8 Å². The van der Waals surface area contributed by atoms with E-state index in [1.165, 1.54) is 12.1 Å². The lowest BCUT2D eigenvalue weighted by molar-refractivity contribution is 0.409. The van der Waals surface area contributed by atoms with E-state index in [1.54, 1.807) is 12.3 Å². The third-order valence-corrected chi connectivity index (χ3v) is 3.18. The van der Waals surface area contributed by atoms with Crippen LogP contribution in [0, 0.1) is 11.6 Å². The van der Waals surface area contributed by atoms with Crippen molar-refractivity contribution in [2.45, 2.75) is 6.54 Å². The minimum absolute atomic E-state index is 0.201. The van der Waals surface area contributed by atoms with E-state index in [1.807, 2.05) is 18.2 Å². The van der Waals surface area contributed by atoms with E-state index in [-0.39, 0.29) is 11.6 Å². The Balaban J connectivity index is 2.11. The van der Waals surface area contributed by atoms with Crippen LogP contribution in [0.1, 0.15) is 5.56 Å². The first kappa shape index (κ1) is 13.5. The van der Waals surface area contributed by atoms with Crippen molar-refractivity contribution in [2.75, 3.05) is 0 Å². The van der Waals surface area contributed by atoms with E-state index in [2.05, 4.69) is 4.98 Å². The molecule has 1 heterocycles. The lowest BCUT2D eigenvalue weighted by Gasteiger charge is -2.11. The Hall–Kier alpha value is -2.53. The number of pyridine rings is 1. The molecule has 0 saturated carbocycles. The van der Waals surface area contributed by atoms with Crippen molar-refractivity contribution in [3.8, 4) is 11.6 Å². The first-order valence-corrected chi connectivity index (χ1v) is 6.39. The molecule has 0 fully saturated rings. The van der Waals surface area contributed by atoms with Crippen LogP contribution >= 0.6 is 0 Å². The molecule has 5 heteroatoms. The number of ether oxygens (including phenoxy) is 1. The van der Waals surface area contributed by atoms with Crippen LogP contribution in [0.3, 0.4) is 0 Å². The molecular weight excluding hydrogens is 274 g/mol. The molecule has 3 nitrogen and oxygen atoms in total. The Morgan fingerprint density at radius 1 is 1.00 bits per heavy atom. The number of halogens is 2. The average Bonchev–Trinajstić information content (AvgIpc) is 2.52. The van der Waals surface area contributed by atoms with Crippen molar-refractivity contribution in [3.63, 3.8) is 0 Å². The molecule has 0 amide bonds. The summed E-state index contributed by atoms with van der Waals surface area (Å²) in [7, 11) is 0. The van der Waals surface area contributed by atoms with Crippen molar-refractivity contribution in [2.24, 2.45) is 5.73 Å². The largest absolute Gasteiger partial charge is 0.435 e. The second-order valence-corrected chi connectivity index (χ2v) is 4.49. The quantitative estimate of drug-likeness (QED) is 0.797. The van der Waals surface area contributed by atoms with Gasteiger partial charge < -0.3 is 10.5 Å². The highest BCUT2D eigenvalue weighted by molar-refractivity contribution is 5.89. The standard InChI is InChI=1S/C16H12F2N2O/c17-13-6-3-7-14(15(13)18)21-16-12-5-2-1-4-11(12)10(8-19)9-20-16/h1-7,9H,8,19H2. The van der Waals surface area contributed by atoms with Crippen LogP contribution in [-0.4, -0.2) is 4.98 Å². The van der Waals surface area contributed by atoms with Crippen LogP contribution in [0.4, 0.5) is 8.78 Å². The van der Waals surface area contributed by atoms with Gasteiger partial charge in [0.05, 0.1) is 0 Å². The van der Waals surface area contributed by atoms with Gasteiger partial charge in [0.1, 0.15) is 0 Å². The second-order valence-electron chi connectivity index (χ2n) is 4.49. The van der Waals surface area contributed by atoms with Gasteiger partial charge in [0, 0.05) is 18.1 Å². The predicted molar refractivity (Wildman–Crippen MR) is 76.1 cm³/mol. The zero-order chi connectivity index (χ0) is 14.8. The van der Waals surface area contributed by atoms with Crippen molar-refractivity contribution in [1.82, 2.24) is 4.98 Å². The van der Waals surface area contributed by atoms with E-state index in [9.17, 15) is 8.78 Å². The number of fused-ring (bicyclic) bond motifs is 1. The second kappa shape index (κ2) is 5.46. The molecule has 21 heavy (non-hydrogen) atoms. The van der Waals surface area contributed by atoms with Gasteiger partial charge in [-0.05, 0) is 29.1 Å². The maximum atomic E-state index is 13.7. The van der Waals surface area contributed by atoms with Gasteiger partial charge in [-0.15, -0.1) is 0 Å². The minimum atomic E-state index is -1.04. The number of hydrogen-bond acceptors (Lipinski definition) is 3. The number of hydrogen-bond donors (Lipinski definition) is 1. The van der Waals surface area contributed by atoms with Gasteiger partial charge in [-0.1, -0.05) is 24.3 Å². The smallest absolute Gasteiger partial charge is 0.227 e. The van der Waals surface area contributed by atoms with Crippen LogP contribution < -0.4 is 10.5 Å². The summed E-state index contributed by atoms with van der Waals surface area (Å²) >= 11 is 0. The Morgan fingerprint density at radius 3 is 2.52 bits per heavy atom. The molecule has 0 unspecified atom stereocenters. The molecule has 0 aliphatic heterocycles. The highest BCUT2D eigenvalue weighted by Gasteiger charge is 2.13. The van der Waals surface area contributed by atoms with E-state index >= 15 is 0 Å². The number of nitrogens with zero attached hydrogens (tertiary/aromatic N) is 1. The summed E-state index contributed by atoms with van der Waals surface area (Å²) in [6.07, 6.45) is 1.58. The van der Waals surface area contributed by atoms with Gasteiger partial charge in [0.25, 0.3) is 0 Å². The maximum absolute atomic E-state index is 13.7. The van der Waals surface area contributed by atoms with Crippen LogP contribution in [0.5, 0.6) is 11.6 Å². The topological polar surface area (TPSA) is 48.1 Å². The maximum Gasteiger partial charge on any atom is 0.227 e. The lowest BCUT2D eigenvalue weighted by Crippen LogP contribution is -2.00. The van der Waals surface area contributed by atoms with Gasteiger partial charge in [-0.3, -0.25) is 0 Å². The molecule has 0 aliphatic rings. The third-order valence-electron chi connectivity index (χ3n) is 3.18. The summed E-state index contributed by atoms with van der Waals surface area (Å²) < 4.78 is 32.3. The molecular formula is C16H12F2N2O. The zero-order valence-electron chi connectivity index (χ0n) is 11.0. The normalized spacial score (nSPS) is 10.8. The fourth-order valence-corrected chi connectivity index (χ4v) is 2.14. The molecule has 0 aliphatic carbocycles. The Kier molecular flexibility index (Phi) is 3.50. The Bertz CT molecular complexity index is 805. The van der Waals surface area contributed by atoms with Gasteiger partial charge in [0.15, 0.2) is 11.6 Å². The van der Waals surface area contributed by atoms with Crippen molar-refractivity contribution in [3.05, 3.63) is 65.9 Å². The summed E-state index contributed by atoms with van der Waals surface area (Å²) in [5.74, 6) is -1.98. The molecule has 3 rings (SSSR count). The third kappa shape index (κ3) is 2.43. The van der Waals surface area contributed by atoms with Crippen LogP contribution in [0.15, 0.2) is 48.7 Å². The van der Waals surface area contributed by atoms with Crippen molar-refractivity contribution < 1.29 is 13.5 Å². The molecule has 2 N–H and O–H groups in total. The number of rotatable bonds is 3. The minimum Gasteiger partial charge on any atom is -0.435 e. The molecule has 1 aromatic heterocycles.